The number of benzene rings is 1. The van der Waals surface area contributed by atoms with Gasteiger partial charge in [0.15, 0.2) is 0 Å². The van der Waals surface area contributed by atoms with Crippen LogP contribution < -0.4 is 28.1 Å². The van der Waals surface area contributed by atoms with Gasteiger partial charge in [-0.05, 0) is 11.0 Å². The van der Waals surface area contributed by atoms with E-state index in [9.17, 15) is 4.79 Å². The molecule has 1 aromatic carbocycles. The summed E-state index contributed by atoms with van der Waals surface area (Å²) in [4.78, 5) is 12.5. The van der Waals surface area contributed by atoms with Crippen molar-refractivity contribution in [2.45, 2.75) is 37.0 Å². The topological polar surface area (TPSA) is 29.1 Å². The van der Waals surface area contributed by atoms with Gasteiger partial charge in [0.1, 0.15) is 0 Å². The first-order valence-corrected chi connectivity index (χ1v) is 14.9. The number of hydrogen-bond donors (Lipinski definition) is 1. The van der Waals surface area contributed by atoms with E-state index in [-0.39, 0.29) is 41.7 Å². The quantitative estimate of drug-likeness (QED) is 0.488. The molecule has 1 amide bonds. The fraction of sp³-hybridized carbons (Fsp3) is 0.389. The van der Waals surface area contributed by atoms with Gasteiger partial charge >= 0.3 is 133 Å². The number of amides is 1. The molecule has 0 fully saturated rings. The van der Waals surface area contributed by atoms with Crippen LogP contribution >= 0.6 is 0 Å². The molecule has 1 aliphatic rings. The second-order valence-electron chi connectivity index (χ2n) is 6.51. The smallest absolute Gasteiger partial charge is 0.0149 e. The summed E-state index contributed by atoms with van der Waals surface area (Å²) in [6.45, 7) is 8.91. The number of halogens is 2. The molecule has 0 saturated heterocycles. The van der Waals surface area contributed by atoms with Gasteiger partial charge in [-0.15, -0.1) is 0 Å². The van der Waals surface area contributed by atoms with Crippen LogP contribution in [0.4, 0.5) is 0 Å². The largest absolute Gasteiger partial charge is 1.00 e. The molecule has 24 heavy (non-hydrogen) atoms. The van der Waals surface area contributed by atoms with Crippen LogP contribution in [0.3, 0.4) is 0 Å². The zero-order valence-corrected chi connectivity index (χ0v) is 18.6. The van der Waals surface area contributed by atoms with Crippen LogP contribution in [0.5, 0.6) is 0 Å². The molecule has 1 aromatic rings. The molecule has 0 bridgehead atoms. The number of hydrogen-bond acceptors (Lipinski definition) is 1. The Morgan fingerprint density at radius 3 is 1.92 bits per heavy atom. The minimum atomic E-state index is -2.82. The normalized spacial score (nSPS) is 16.2. The van der Waals surface area contributed by atoms with Gasteiger partial charge in [0.05, 0.1) is 0 Å². The average Bonchev–Trinajstić information content (AvgIpc) is 2.63. The standard InChI is InChI=1S/C9H13.C7H7NO.2CH3.2ClH.H4Si.Zr/c1-6-5-7(2)9(4)8(6)3;8-7(9)6-4-2-1-3-5-6;;;;;;/h6H,1-4H3;1-5H,(H2,8,9);2*1H3;2*1H;1H4;/q;;;;;;;+3/p-3. The van der Waals surface area contributed by atoms with Crippen LogP contribution in [0.2, 0.25) is 9.26 Å². The Morgan fingerprint density at radius 1 is 1.00 bits per heavy atom. The predicted molar refractivity (Wildman–Crippen MR) is 97.2 cm³/mol. The molecule has 1 aliphatic carbocycles. The molecule has 2 rings (SSSR count). The van der Waals surface area contributed by atoms with Crippen LogP contribution in [0.1, 0.15) is 38.1 Å². The predicted octanol–water partition coefficient (Wildman–Crippen LogP) is -2.60. The minimum Gasteiger partial charge on any atom is -1.00 e. The van der Waals surface area contributed by atoms with Crippen molar-refractivity contribution in [1.29, 1.82) is 0 Å². The van der Waals surface area contributed by atoms with Crippen molar-refractivity contribution < 1.29 is 50.2 Å². The fourth-order valence-electron chi connectivity index (χ4n) is 3.39. The van der Waals surface area contributed by atoms with Gasteiger partial charge in [-0.1, -0.05) is 0 Å². The molecular weight excluding hydrogens is 436 g/mol. The first-order valence-electron chi connectivity index (χ1n) is 7.52. The molecule has 1 N–H and O–H groups in total. The van der Waals surface area contributed by atoms with Gasteiger partial charge < -0.3 is 24.8 Å². The third kappa shape index (κ3) is 5.17. The molecule has 0 heterocycles. The van der Waals surface area contributed by atoms with Gasteiger partial charge in [-0.3, -0.25) is 0 Å². The maximum Gasteiger partial charge on any atom is -0.0149 e. The van der Waals surface area contributed by atoms with E-state index < -0.39 is 20.6 Å². The molecule has 1 atom stereocenters. The Hall–Kier alpha value is -0.150. The monoisotopic (exact) mass is 463 g/mol. The van der Waals surface area contributed by atoms with E-state index in [0.717, 1.165) is 5.56 Å². The van der Waals surface area contributed by atoms with Crippen molar-refractivity contribution in [3.05, 3.63) is 55.9 Å². The number of nitrogens with one attached hydrogen (secondary N) is 1. The minimum absolute atomic E-state index is 0. The molecule has 0 spiro atoms. The SMILES string of the molecule is CC1=C(C)C(C)[C]([Zr+2]([CH3])([CH3])[NH]C(=O)c2ccccc2)=C1C.[Cl-].[Cl-].[SiH4]. The maximum absolute atomic E-state index is 12.5. The van der Waals surface area contributed by atoms with Crippen LogP contribution in [0, 0.1) is 5.92 Å². The first-order chi connectivity index (χ1) is 9.75. The van der Waals surface area contributed by atoms with E-state index >= 15 is 0 Å². The third-order valence-corrected chi connectivity index (χ3v) is 12.2. The molecule has 2 nitrogen and oxygen atoms in total. The molecular formula is C18H29Cl2NOSiZr. The van der Waals surface area contributed by atoms with Crippen molar-refractivity contribution in [3.8, 4) is 0 Å². The molecule has 0 aromatic heterocycles. The summed E-state index contributed by atoms with van der Waals surface area (Å²) in [7, 11) is 0. The molecule has 0 radical (unpaired) electrons. The Labute approximate surface area is 168 Å². The summed E-state index contributed by atoms with van der Waals surface area (Å²) in [5.41, 5.74) is 5.04. The van der Waals surface area contributed by atoms with Crippen LogP contribution in [0.15, 0.2) is 50.3 Å². The summed E-state index contributed by atoms with van der Waals surface area (Å²) >= 11 is -2.82. The van der Waals surface area contributed by atoms with Crippen molar-refractivity contribution in [2.24, 2.45) is 5.92 Å². The second kappa shape index (κ2) is 10.1. The molecule has 0 saturated carbocycles. The van der Waals surface area contributed by atoms with Crippen molar-refractivity contribution in [3.63, 3.8) is 0 Å². The van der Waals surface area contributed by atoms with Gasteiger partial charge in [-0.2, -0.15) is 0 Å². The third-order valence-electron chi connectivity index (χ3n) is 4.78. The van der Waals surface area contributed by atoms with E-state index in [1.807, 2.05) is 30.3 Å². The van der Waals surface area contributed by atoms with Gasteiger partial charge in [0.25, 0.3) is 0 Å². The Kier molecular flexibility index (Phi) is 11.0. The number of carbonyl (C=O) groups excluding carboxylic acids is 1. The van der Waals surface area contributed by atoms with E-state index in [4.69, 9.17) is 0 Å². The van der Waals surface area contributed by atoms with Crippen LogP contribution in [-0.4, -0.2) is 16.9 Å². The Balaban J connectivity index is 0. The second-order valence-corrected chi connectivity index (χ2v) is 16.4. The number of rotatable bonds is 3. The summed E-state index contributed by atoms with van der Waals surface area (Å²) in [6.07, 6.45) is 0. The van der Waals surface area contributed by atoms with E-state index in [0.29, 0.717) is 5.92 Å². The Morgan fingerprint density at radius 2 is 1.50 bits per heavy atom. The average molecular weight is 466 g/mol. The number of allylic oxidation sites excluding steroid dienone is 4. The molecule has 0 aliphatic heterocycles. The summed E-state index contributed by atoms with van der Waals surface area (Å²) in [6, 6.07) is 9.52. The zero-order valence-electron chi connectivity index (χ0n) is 14.6. The van der Waals surface area contributed by atoms with E-state index in [1.54, 1.807) is 0 Å². The van der Waals surface area contributed by atoms with Crippen molar-refractivity contribution in [1.82, 2.24) is 3.26 Å². The van der Waals surface area contributed by atoms with E-state index in [2.05, 4.69) is 40.2 Å². The summed E-state index contributed by atoms with van der Waals surface area (Å²) in [5.74, 6) is 0.554. The molecule has 6 heteroatoms. The Bertz CT molecular complexity index is 642. The van der Waals surface area contributed by atoms with Gasteiger partial charge in [0, 0.05) is 0 Å². The van der Waals surface area contributed by atoms with Crippen molar-refractivity contribution in [2.75, 3.05) is 0 Å². The summed E-state index contributed by atoms with van der Waals surface area (Å²) in [5, 5.41) is 0. The zero-order chi connectivity index (χ0) is 15.8. The van der Waals surface area contributed by atoms with Crippen LogP contribution in [-0.2, 0) is 20.6 Å². The van der Waals surface area contributed by atoms with Crippen LogP contribution in [0.25, 0.3) is 0 Å². The maximum atomic E-state index is 12.5. The summed E-state index contributed by atoms with van der Waals surface area (Å²) < 4.78 is 9.54. The molecule has 134 valence electrons. The van der Waals surface area contributed by atoms with Gasteiger partial charge in [-0.25, -0.2) is 0 Å². The number of carbonyl (C=O) groups is 1. The first kappa shape index (κ1) is 26.1. The molecule has 1 unspecified atom stereocenters. The van der Waals surface area contributed by atoms with E-state index in [1.165, 1.54) is 20.0 Å². The fourth-order valence-corrected chi connectivity index (χ4v) is 11.4. The van der Waals surface area contributed by atoms with Gasteiger partial charge in [0.2, 0.25) is 0 Å². The van der Waals surface area contributed by atoms with Crippen molar-refractivity contribution >= 4 is 16.9 Å².